The molecule has 1 aromatic rings. The van der Waals surface area contributed by atoms with Crippen LogP contribution < -0.4 is 5.32 Å². The van der Waals surface area contributed by atoms with Crippen molar-refractivity contribution < 1.29 is 18.7 Å². The number of urea groups is 1. The van der Waals surface area contributed by atoms with Gasteiger partial charge in [-0.05, 0) is 51.2 Å². The Bertz CT molecular complexity index is 597. The van der Waals surface area contributed by atoms with Gasteiger partial charge in [0.15, 0.2) is 0 Å². The van der Waals surface area contributed by atoms with Gasteiger partial charge in [-0.2, -0.15) is 0 Å². The average molecular weight is 338 g/mol. The van der Waals surface area contributed by atoms with Crippen molar-refractivity contribution in [3.8, 4) is 0 Å². The van der Waals surface area contributed by atoms with Gasteiger partial charge in [0.1, 0.15) is 11.6 Å². The topological polar surface area (TPSA) is 52.6 Å². The molecular formula is C18H24F2N2O2. The third-order valence-corrected chi connectivity index (χ3v) is 5.18. The molecule has 1 heterocycles. The number of likely N-dealkylation sites (tertiary alicyclic amines) is 1. The summed E-state index contributed by atoms with van der Waals surface area (Å²) in [6, 6.07) is 3.71. The molecule has 2 atom stereocenters. The molecular weight excluding hydrogens is 314 g/mol. The highest BCUT2D eigenvalue weighted by atomic mass is 19.1. The maximum absolute atomic E-state index is 14.0. The molecule has 3 rings (SSSR count). The first kappa shape index (κ1) is 17.1. The van der Waals surface area contributed by atoms with E-state index in [1.165, 1.54) is 18.2 Å². The number of carbonyl (C=O) groups is 1. The number of aliphatic hydroxyl groups is 1. The summed E-state index contributed by atoms with van der Waals surface area (Å²) in [6.07, 6.45) is 3.24. The molecule has 1 saturated heterocycles. The maximum Gasteiger partial charge on any atom is 0.317 e. The molecule has 2 amide bonds. The Morgan fingerprint density at radius 1 is 1.42 bits per heavy atom. The van der Waals surface area contributed by atoms with Crippen molar-refractivity contribution in [1.29, 1.82) is 0 Å². The summed E-state index contributed by atoms with van der Waals surface area (Å²) in [5.74, 6) is -1.09. The van der Waals surface area contributed by atoms with E-state index in [4.69, 9.17) is 0 Å². The number of hydrogen-bond acceptors (Lipinski definition) is 2. The third-order valence-electron chi connectivity index (χ3n) is 5.18. The lowest BCUT2D eigenvalue weighted by molar-refractivity contribution is 0.138. The molecule has 6 heteroatoms. The van der Waals surface area contributed by atoms with Crippen LogP contribution in [0.5, 0.6) is 0 Å². The first-order chi connectivity index (χ1) is 11.4. The number of aliphatic hydroxyl groups excluding tert-OH is 1. The van der Waals surface area contributed by atoms with Crippen LogP contribution in [-0.4, -0.2) is 41.3 Å². The van der Waals surface area contributed by atoms with Crippen LogP contribution in [0.4, 0.5) is 13.6 Å². The normalized spacial score (nSPS) is 23.2. The minimum atomic E-state index is -0.620. The minimum absolute atomic E-state index is 0.0327. The maximum atomic E-state index is 14.0. The molecule has 0 bridgehead atoms. The number of nitrogens with zero attached hydrogens (tertiary/aromatic N) is 1. The first-order valence-electron chi connectivity index (χ1n) is 8.60. The van der Waals surface area contributed by atoms with Gasteiger partial charge in [-0.1, -0.05) is 6.07 Å². The van der Waals surface area contributed by atoms with Crippen LogP contribution in [-0.2, 0) is 5.41 Å². The minimum Gasteiger partial charge on any atom is -0.393 e. The van der Waals surface area contributed by atoms with Gasteiger partial charge in [0.05, 0.1) is 6.10 Å². The zero-order valence-electron chi connectivity index (χ0n) is 13.9. The molecule has 132 valence electrons. The van der Waals surface area contributed by atoms with E-state index in [1.54, 1.807) is 11.8 Å². The standard InChI is InChI=1S/C18H24F2N2O2/c1-12(23)10-13-4-3-9-22(13)17(24)21-11-18(7-8-18)16-14(19)5-2-6-15(16)20/h2,5-6,12-13,23H,3-4,7-11H2,1H3,(H,21,24). The lowest BCUT2D eigenvalue weighted by atomic mass is 9.94. The van der Waals surface area contributed by atoms with Gasteiger partial charge in [0, 0.05) is 30.1 Å². The molecule has 0 radical (unpaired) electrons. The first-order valence-corrected chi connectivity index (χ1v) is 8.60. The summed E-state index contributed by atoms with van der Waals surface area (Å²) in [5.41, 5.74) is -0.530. The van der Waals surface area contributed by atoms with E-state index in [-0.39, 0.29) is 24.2 Å². The Kier molecular flexibility index (Phi) is 4.76. The Morgan fingerprint density at radius 2 is 2.08 bits per heavy atom. The van der Waals surface area contributed by atoms with Crippen molar-refractivity contribution in [2.24, 2.45) is 0 Å². The van der Waals surface area contributed by atoms with E-state index in [0.29, 0.717) is 25.8 Å². The molecule has 0 spiro atoms. The summed E-state index contributed by atoms with van der Waals surface area (Å²) in [4.78, 5) is 14.2. The van der Waals surface area contributed by atoms with Crippen molar-refractivity contribution in [3.63, 3.8) is 0 Å². The average Bonchev–Trinajstić information content (AvgIpc) is 3.15. The zero-order chi connectivity index (χ0) is 17.3. The van der Waals surface area contributed by atoms with Crippen LogP contribution in [0.3, 0.4) is 0 Å². The summed E-state index contributed by atoms with van der Waals surface area (Å²) in [5, 5.41) is 12.4. The zero-order valence-corrected chi connectivity index (χ0v) is 13.9. The van der Waals surface area contributed by atoms with E-state index in [0.717, 1.165) is 12.8 Å². The predicted octanol–water partition coefficient (Wildman–Crippen LogP) is 2.94. The van der Waals surface area contributed by atoms with Crippen molar-refractivity contribution >= 4 is 6.03 Å². The van der Waals surface area contributed by atoms with Gasteiger partial charge in [-0.15, -0.1) is 0 Å². The SMILES string of the molecule is CC(O)CC1CCCN1C(=O)NCC1(c2c(F)cccc2F)CC1. The van der Waals surface area contributed by atoms with Gasteiger partial charge >= 0.3 is 6.03 Å². The fourth-order valence-electron chi connectivity index (χ4n) is 3.76. The molecule has 2 N–H and O–H groups in total. The Labute approximate surface area is 140 Å². The van der Waals surface area contributed by atoms with Gasteiger partial charge in [-0.3, -0.25) is 0 Å². The van der Waals surface area contributed by atoms with Crippen molar-refractivity contribution in [2.45, 2.75) is 56.6 Å². The van der Waals surface area contributed by atoms with Crippen LogP contribution in [0.1, 0.15) is 44.6 Å². The lowest BCUT2D eigenvalue weighted by Crippen LogP contribution is -2.46. The number of carbonyl (C=O) groups excluding carboxylic acids is 1. The van der Waals surface area contributed by atoms with Crippen LogP contribution in [0.15, 0.2) is 18.2 Å². The Morgan fingerprint density at radius 3 is 2.67 bits per heavy atom. The molecule has 2 fully saturated rings. The summed E-state index contributed by atoms with van der Waals surface area (Å²) in [6.45, 7) is 2.61. The van der Waals surface area contributed by atoms with Crippen molar-refractivity contribution in [3.05, 3.63) is 35.4 Å². The van der Waals surface area contributed by atoms with E-state index < -0.39 is 23.2 Å². The van der Waals surface area contributed by atoms with Gasteiger partial charge in [0.25, 0.3) is 0 Å². The molecule has 1 aliphatic carbocycles. The highest BCUT2D eigenvalue weighted by molar-refractivity contribution is 5.75. The molecule has 4 nitrogen and oxygen atoms in total. The second-order valence-electron chi connectivity index (χ2n) is 7.11. The number of nitrogens with one attached hydrogen (secondary N) is 1. The van der Waals surface area contributed by atoms with E-state index in [9.17, 15) is 18.7 Å². The van der Waals surface area contributed by atoms with E-state index in [1.807, 2.05) is 0 Å². The smallest absolute Gasteiger partial charge is 0.317 e. The van der Waals surface area contributed by atoms with Crippen LogP contribution >= 0.6 is 0 Å². The van der Waals surface area contributed by atoms with Crippen molar-refractivity contribution in [1.82, 2.24) is 10.2 Å². The van der Waals surface area contributed by atoms with Crippen LogP contribution in [0.2, 0.25) is 0 Å². The quantitative estimate of drug-likeness (QED) is 0.867. The largest absolute Gasteiger partial charge is 0.393 e. The van der Waals surface area contributed by atoms with Gasteiger partial charge in [0.2, 0.25) is 0 Å². The highest BCUT2D eigenvalue weighted by Crippen LogP contribution is 2.49. The lowest BCUT2D eigenvalue weighted by Gasteiger charge is -2.27. The molecule has 0 aromatic heterocycles. The fraction of sp³-hybridized carbons (Fsp3) is 0.611. The number of hydrogen-bond donors (Lipinski definition) is 2. The summed E-state index contributed by atoms with van der Waals surface area (Å²) >= 11 is 0. The van der Waals surface area contributed by atoms with E-state index in [2.05, 4.69) is 5.32 Å². The monoisotopic (exact) mass is 338 g/mol. The van der Waals surface area contributed by atoms with E-state index >= 15 is 0 Å². The van der Waals surface area contributed by atoms with Crippen molar-refractivity contribution in [2.75, 3.05) is 13.1 Å². The molecule has 1 saturated carbocycles. The second-order valence-corrected chi connectivity index (χ2v) is 7.11. The summed E-state index contributed by atoms with van der Waals surface area (Å²) < 4.78 is 28.1. The third kappa shape index (κ3) is 3.38. The highest BCUT2D eigenvalue weighted by Gasteiger charge is 2.48. The Hall–Kier alpha value is -1.69. The Balaban J connectivity index is 1.64. The molecule has 2 unspecified atom stereocenters. The predicted molar refractivity (Wildman–Crippen MR) is 86.7 cm³/mol. The number of rotatable bonds is 5. The fourth-order valence-corrected chi connectivity index (χ4v) is 3.76. The van der Waals surface area contributed by atoms with Gasteiger partial charge < -0.3 is 15.3 Å². The number of benzene rings is 1. The molecule has 2 aliphatic rings. The van der Waals surface area contributed by atoms with Gasteiger partial charge in [-0.25, -0.2) is 13.6 Å². The number of halogens is 2. The molecule has 1 aromatic carbocycles. The molecule has 1 aliphatic heterocycles. The molecule has 24 heavy (non-hydrogen) atoms. The van der Waals surface area contributed by atoms with Crippen LogP contribution in [0, 0.1) is 11.6 Å². The second kappa shape index (κ2) is 6.67. The van der Waals surface area contributed by atoms with Crippen LogP contribution in [0.25, 0.3) is 0 Å². The summed E-state index contributed by atoms with van der Waals surface area (Å²) in [7, 11) is 0. The number of amides is 2.